The molecule has 0 spiro atoms. The van der Waals surface area contributed by atoms with Crippen LogP contribution in [0.15, 0.2) is 11.8 Å². The van der Waals surface area contributed by atoms with E-state index in [1.165, 1.54) is 37.7 Å². The highest BCUT2D eigenvalue weighted by molar-refractivity contribution is 5.11. The molecule has 0 saturated heterocycles. The van der Waals surface area contributed by atoms with Gasteiger partial charge in [0.2, 0.25) is 0 Å². The van der Waals surface area contributed by atoms with Crippen LogP contribution in [0.25, 0.3) is 0 Å². The maximum Gasteiger partial charge on any atom is 0.0876 e. The first kappa shape index (κ1) is 10.0. The van der Waals surface area contributed by atoms with Gasteiger partial charge in [-0.05, 0) is 37.3 Å². The van der Waals surface area contributed by atoms with Crippen molar-refractivity contribution in [3.8, 4) is 0 Å². The maximum absolute atomic E-state index is 5.41. The van der Waals surface area contributed by atoms with Gasteiger partial charge >= 0.3 is 0 Å². The van der Waals surface area contributed by atoms with Crippen molar-refractivity contribution in [1.82, 2.24) is 5.32 Å². The minimum absolute atomic E-state index is 0.591. The summed E-state index contributed by atoms with van der Waals surface area (Å²) in [5, 5.41) is 3.58. The van der Waals surface area contributed by atoms with E-state index in [0.29, 0.717) is 6.04 Å². The van der Waals surface area contributed by atoms with Crippen LogP contribution in [0.2, 0.25) is 0 Å². The van der Waals surface area contributed by atoms with Crippen molar-refractivity contribution in [2.45, 2.75) is 45.1 Å². The van der Waals surface area contributed by atoms with E-state index < -0.39 is 0 Å². The van der Waals surface area contributed by atoms with E-state index in [2.05, 4.69) is 12.2 Å². The van der Waals surface area contributed by atoms with Crippen LogP contribution in [0, 0.1) is 5.92 Å². The lowest BCUT2D eigenvalue weighted by Gasteiger charge is -2.23. The van der Waals surface area contributed by atoms with Gasteiger partial charge in [0.15, 0.2) is 0 Å². The summed E-state index contributed by atoms with van der Waals surface area (Å²) in [6.45, 7) is 4.16. The Morgan fingerprint density at radius 3 is 3.00 bits per heavy atom. The summed E-state index contributed by atoms with van der Waals surface area (Å²) in [7, 11) is 0. The smallest absolute Gasteiger partial charge is 0.0876 e. The third-order valence-corrected chi connectivity index (χ3v) is 3.13. The molecular weight excluding hydrogens is 174 g/mol. The summed E-state index contributed by atoms with van der Waals surface area (Å²) in [4.78, 5) is 0. The summed E-state index contributed by atoms with van der Waals surface area (Å²) in [6.07, 6.45) is 8.62. The highest BCUT2D eigenvalue weighted by atomic mass is 16.5. The van der Waals surface area contributed by atoms with E-state index in [1.807, 2.05) is 6.26 Å². The van der Waals surface area contributed by atoms with Crippen LogP contribution >= 0.6 is 0 Å². The lowest BCUT2D eigenvalue weighted by Crippen LogP contribution is -2.32. The highest BCUT2D eigenvalue weighted by Gasteiger charge is 2.27. The quantitative estimate of drug-likeness (QED) is 0.727. The molecular formula is C12H21NO. The average Bonchev–Trinajstić information content (AvgIpc) is 3.03. The standard InChI is InChI=1S/C12H21NO/c1-2-13-12(8-10-5-6-10)11-4-3-7-14-9-11/h9-10,12-13H,2-8H2,1H3. The number of likely N-dealkylation sites (N-methyl/N-ethyl adjacent to an activating group) is 1. The summed E-state index contributed by atoms with van der Waals surface area (Å²) in [5.41, 5.74) is 1.49. The van der Waals surface area contributed by atoms with Crippen LogP contribution in [-0.2, 0) is 4.74 Å². The Bertz CT molecular complexity index is 208. The van der Waals surface area contributed by atoms with Crippen molar-refractivity contribution in [3.05, 3.63) is 11.8 Å². The molecule has 14 heavy (non-hydrogen) atoms. The molecule has 2 heteroatoms. The monoisotopic (exact) mass is 195 g/mol. The molecule has 1 N–H and O–H groups in total. The molecule has 1 saturated carbocycles. The third-order valence-electron chi connectivity index (χ3n) is 3.13. The van der Waals surface area contributed by atoms with Crippen LogP contribution in [0.3, 0.4) is 0 Å². The second-order valence-corrected chi connectivity index (χ2v) is 4.46. The van der Waals surface area contributed by atoms with Crippen LogP contribution in [0.5, 0.6) is 0 Å². The topological polar surface area (TPSA) is 21.3 Å². The zero-order valence-corrected chi connectivity index (χ0v) is 9.09. The molecule has 1 aliphatic carbocycles. The fourth-order valence-electron chi connectivity index (χ4n) is 2.14. The molecule has 0 bridgehead atoms. The number of hydrogen-bond acceptors (Lipinski definition) is 2. The summed E-state index contributed by atoms with van der Waals surface area (Å²) < 4.78 is 5.41. The van der Waals surface area contributed by atoms with Crippen molar-refractivity contribution in [1.29, 1.82) is 0 Å². The first-order valence-corrected chi connectivity index (χ1v) is 5.94. The molecule has 80 valence electrons. The van der Waals surface area contributed by atoms with Gasteiger partial charge in [0.1, 0.15) is 0 Å². The Kier molecular flexibility index (Phi) is 3.46. The molecule has 0 radical (unpaired) electrons. The molecule has 1 unspecified atom stereocenters. The molecule has 1 aliphatic heterocycles. The molecule has 0 amide bonds. The molecule has 1 heterocycles. The van der Waals surface area contributed by atoms with E-state index >= 15 is 0 Å². The molecule has 1 fully saturated rings. The van der Waals surface area contributed by atoms with Gasteiger partial charge in [-0.3, -0.25) is 0 Å². The molecule has 2 aliphatic rings. The van der Waals surface area contributed by atoms with Crippen molar-refractivity contribution in [3.63, 3.8) is 0 Å². The van der Waals surface area contributed by atoms with E-state index in [4.69, 9.17) is 4.74 Å². The highest BCUT2D eigenvalue weighted by Crippen LogP contribution is 2.35. The number of nitrogens with one attached hydrogen (secondary N) is 1. The van der Waals surface area contributed by atoms with Gasteiger partial charge in [0.25, 0.3) is 0 Å². The normalized spacial score (nSPS) is 23.9. The SMILES string of the molecule is CCNC(CC1CC1)C1=COCCC1. The minimum Gasteiger partial charge on any atom is -0.501 e. The molecule has 0 aromatic rings. The summed E-state index contributed by atoms with van der Waals surface area (Å²) in [5.74, 6) is 0.988. The third kappa shape index (κ3) is 2.74. The van der Waals surface area contributed by atoms with Gasteiger partial charge in [-0.25, -0.2) is 0 Å². The molecule has 1 atom stereocenters. The van der Waals surface area contributed by atoms with Crippen LogP contribution in [0.1, 0.15) is 39.0 Å². The fraction of sp³-hybridized carbons (Fsp3) is 0.833. The van der Waals surface area contributed by atoms with Gasteiger partial charge in [0.05, 0.1) is 12.9 Å². The Morgan fingerprint density at radius 2 is 2.43 bits per heavy atom. The molecule has 2 rings (SSSR count). The Balaban J connectivity index is 1.89. The van der Waals surface area contributed by atoms with E-state index in [-0.39, 0.29) is 0 Å². The minimum atomic E-state index is 0.591. The van der Waals surface area contributed by atoms with Crippen LogP contribution in [-0.4, -0.2) is 19.2 Å². The second-order valence-electron chi connectivity index (χ2n) is 4.46. The Hall–Kier alpha value is -0.500. The largest absolute Gasteiger partial charge is 0.501 e. The lowest BCUT2D eigenvalue weighted by atomic mass is 9.97. The number of ether oxygens (including phenoxy) is 1. The van der Waals surface area contributed by atoms with Crippen LogP contribution < -0.4 is 5.32 Å². The van der Waals surface area contributed by atoms with Crippen molar-refractivity contribution in [2.75, 3.05) is 13.2 Å². The lowest BCUT2D eigenvalue weighted by molar-refractivity contribution is 0.218. The van der Waals surface area contributed by atoms with Crippen molar-refractivity contribution >= 4 is 0 Å². The number of rotatable bonds is 5. The Labute approximate surface area is 86.7 Å². The van der Waals surface area contributed by atoms with E-state index in [1.54, 1.807) is 0 Å². The predicted octanol–water partition coefficient (Wildman–Crippen LogP) is 2.46. The summed E-state index contributed by atoms with van der Waals surface area (Å²) >= 11 is 0. The molecule has 2 nitrogen and oxygen atoms in total. The zero-order chi connectivity index (χ0) is 9.80. The van der Waals surface area contributed by atoms with Crippen LogP contribution in [0.4, 0.5) is 0 Å². The van der Waals surface area contributed by atoms with E-state index in [9.17, 15) is 0 Å². The van der Waals surface area contributed by atoms with E-state index in [0.717, 1.165) is 19.1 Å². The fourth-order valence-corrected chi connectivity index (χ4v) is 2.14. The van der Waals surface area contributed by atoms with Crippen molar-refractivity contribution < 1.29 is 4.74 Å². The molecule has 0 aromatic carbocycles. The van der Waals surface area contributed by atoms with Crippen molar-refractivity contribution in [2.24, 2.45) is 5.92 Å². The van der Waals surface area contributed by atoms with Gasteiger partial charge in [0, 0.05) is 6.04 Å². The summed E-state index contributed by atoms with van der Waals surface area (Å²) in [6, 6.07) is 0.591. The van der Waals surface area contributed by atoms with Gasteiger partial charge < -0.3 is 10.1 Å². The zero-order valence-electron chi connectivity index (χ0n) is 9.09. The average molecular weight is 195 g/mol. The van der Waals surface area contributed by atoms with Gasteiger partial charge in [-0.1, -0.05) is 19.8 Å². The number of hydrogen-bond donors (Lipinski definition) is 1. The van der Waals surface area contributed by atoms with Gasteiger partial charge in [-0.2, -0.15) is 0 Å². The predicted molar refractivity (Wildman–Crippen MR) is 58.1 cm³/mol. The second kappa shape index (κ2) is 4.83. The first-order valence-electron chi connectivity index (χ1n) is 5.94. The first-order chi connectivity index (χ1) is 6.90. The molecule has 0 aromatic heterocycles. The maximum atomic E-state index is 5.41. The Morgan fingerprint density at radius 1 is 1.57 bits per heavy atom. The van der Waals surface area contributed by atoms with Gasteiger partial charge in [-0.15, -0.1) is 0 Å².